The lowest BCUT2D eigenvalue weighted by Crippen LogP contribution is -2.22. The van der Waals surface area contributed by atoms with Gasteiger partial charge in [0.1, 0.15) is 6.61 Å². The van der Waals surface area contributed by atoms with Crippen molar-refractivity contribution in [3.05, 3.63) is 0 Å². The number of ether oxygens (including phenoxy) is 2. The maximum Gasteiger partial charge on any atom is 0.217 e. The van der Waals surface area contributed by atoms with E-state index in [9.17, 15) is 4.79 Å². The number of ketones is 1. The molecule has 0 amide bonds. The van der Waals surface area contributed by atoms with Gasteiger partial charge in [0, 0.05) is 6.61 Å². The summed E-state index contributed by atoms with van der Waals surface area (Å²) in [5, 5.41) is 0. The third kappa shape index (κ3) is 5.22. The molecule has 0 saturated carbocycles. The van der Waals surface area contributed by atoms with Gasteiger partial charge in [0.25, 0.3) is 0 Å². The van der Waals surface area contributed by atoms with E-state index in [1.807, 2.05) is 5.92 Å². The predicted molar refractivity (Wildman–Crippen MR) is 55.8 cm³/mol. The van der Waals surface area contributed by atoms with Crippen LogP contribution in [0, 0.1) is 24.2 Å². The molecule has 0 bridgehead atoms. The SMILES string of the molecule is C#CC(=O)CC#CCOC1CCCCO1. The van der Waals surface area contributed by atoms with Gasteiger partial charge in [0.15, 0.2) is 6.29 Å². The van der Waals surface area contributed by atoms with Crippen molar-refractivity contribution in [2.45, 2.75) is 32.0 Å². The Morgan fingerprint density at radius 3 is 3.00 bits per heavy atom. The van der Waals surface area contributed by atoms with E-state index in [1.54, 1.807) is 0 Å². The van der Waals surface area contributed by atoms with Gasteiger partial charge >= 0.3 is 0 Å². The molecule has 1 heterocycles. The molecule has 0 radical (unpaired) electrons. The average Bonchev–Trinajstić information content (AvgIpc) is 2.29. The van der Waals surface area contributed by atoms with E-state index in [2.05, 4.69) is 11.8 Å². The van der Waals surface area contributed by atoms with Crippen molar-refractivity contribution in [3.8, 4) is 24.2 Å². The van der Waals surface area contributed by atoms with E-state index in [0.29, 0.717) is 6.61 Å². The average molecular weight is 206 g/mol. The molecule has 1 atom stereocenters. The van der Waals surface area contributed by atoms with Crippen molar-refractivity contribution in [1.82, 2.24) is 0 Å². The van der Waals surface area contributed by atoms with Crippen molar-refractivity contribution in [3.63, 3.8) is 0 Å². The van der Waals surface area contributed by atoms with Crippen LogP contribution in [0.3, 0.4) is 0 Å². The van der Waals surface area contributed by atoms with Crippen LogP contribution >= 0.6 is 0 Å². The van der Waals surface area contributed by atoms with Crippen molar-refractivity contribution in [2.24, 2.45) is 0 Å². The topological polar surface area (TPSA) is 35.5 Å². The molecule has 1 saturated heterocycles. The van der Waals surface area contributed by atoms with E-state index >= 15 is 0 Å². The molecular weight excluding hydrogens is 192 g/mol. The Morgan fingerprint density at radius 1 is 1.47 bits per heavy atom. The lowest BCUT2D eigenvalue weighted by atomic mass is 10.2. The number of hydrogen-bond acceptors (Lipinski definition) is 3. The van der Waals surface area contributed by atoms with E-state index in [0.717, 1.165) is 25.9 Å². The van der Waals surface area contributed by atoms with Gasteiger partial charge in [-0.1, -0.05) is 11.8 Å². The second kappa shape index (κ2) is 7.06. The molecule has 3 nitrogen and oxygen atoms in total. The Labute approximate surface area is 90.1 Å². The van der Waals surface area contributed by atoms with Crippen LogP contribution in [0.5, 0.6) is 0 Å². The van der Waals surface area contributed by atoms with Crippen LogP contribution in [0.2, 0.25) is 0 Å². The van der Waals surface area contributed by atoms with E-state index in [-0.39, 0.29) is 18.5 Å². The molecule has 80 valence electrons. The quantitative estimate of drug-likeness (QED) is 0.513. The van der Waals surface area contributed by atoms with E-state index in [1.165, 1.54) is 0 Å². The Kier molecular flexibility index (Phi) is 5.55. The lowest BCUT2D eigenvalue weighted by molar-refractivity contribution is -0.154. The highest BCUT2D eigenvalue weighted by molar-refractivity contribution is 5.96. The Balaban J connectivity index is 2.09. The van der Waals surface area contributed by atoms with Gasteiger partial charge in [-0.25, -0.2) is 0 Å². The highest BCUT2D eigenvalue weighted by atomic mass is 16.7. The van der Waals surface area contributed by atoms with Crippen LogP contribution in [-0.4, -0.2) is 25.3 Å². The molecule has 1 aliphatic heterocycles. The zero-order valence-electron chi connectivity index (χ0n) is 8.62. The molecule has 1 aliphatic rings. The van der Waals surface area contributed by atoms with Gasteiger partial charge in [-0.2, -0.15) is 0 Å². The molecule has 0 aromatic heterocycles. The fraction of sp³-hybridized carbons (Fsp3) is 0.583. The minimum atomic E-state index is -0.295. The predicted octanol–water partition coefficient (Wildman–Crippen LogP) is 1.13. The van der Waals surface area contributed by atoms with Gasteiger partial charge < -0.3 is 9.47 Å². The fourth-order valence-electron chi connectivity index (χ4n) is 1.22. The van der Waals surface area contributed by atoms with Gasteiger partial charge in [-0.05, 0) is 25.2 Å². The molecule has 15 heavy (non-hydrogen) atoms. The lowest BCUT2D eigenvalue weighted by Gasteiger charge is -2.21. The first-order valence-corrected chi connectivity index (χ1v) is 5.01. The summed E-state index contributed by atoms with van der Waals surface area (Å²) in [7, 11) is 0. The smallest absolute Gasteiger partial charge is 0.217 e. The molecular formula is C12H14O3. The summed E-state index contributed by atoms with van der Waals surface area (Å²) in [5.74, 6) is 7.09. The van der Waals surface area contributed by atoms with Crippen molar-refractivity contribution < 1.29 is 14.3 Å². The minimum Gasteiger partial charge on any atom is -0.353 e. The molecule has 0 N–H and O–H groups in total. The molecule has 0 aliphatic carbocycles. The standard InChI is InChI=1S/C12H14O3/c1-2-11(13)7-3-5-9-14-12-8-4-6-10-15-12/h1,12H,4,6-10H2. The zero-order valence-corrected chi connectivity index (χ0v) is 8.62. The minimum absolute atomic E-state index is 0.103. The monoisotopic (exact) mass is 206 g/mol. The van der Waals surface area contributed by atoms with Crippen LogP contribution in [-0.2, 0) is 14.3 Å². The second-order valence-electron chi connectivity index (χ2n) is 3.20. The fourth-order valence-corrected chi connectivity index (χ4v) is 1.22. The molecule has 3 heteroatoms. The largest absolute Gasteiger partial charge is 0.353 e. The van der Waals surface area contributed by atoms with Crippen LogP contribution in [0.1, 0.15) is 25.7 Å². The number of carbonyl (C=O) groups excluding carboxylic acids is 1. The summed E-state index contributed by atoms with van der Waals surface area (Å²) in [4.78, 5) is 10.7. The van der Waals surface area contributed by atoms with Crippen molar-refractivity contribution in [2.75, 3.05) is 13.2 Å². The zero-order chi connectivity index (χ0) is 10.9. The van der Waals surface area contributed by atoms with Crippen LogP contribution < -0.4 is 0 Å². The van der Waals surface area contributed by atoms with E-state index in [4.69, 9.17) is 15.9 Å². The Hall–Kier alpha value is -1.29. The number of terminal acetylenes is 1. The molecule has 0 spiro atoms. The first kappa shape index (κ1) is 11.8. The maximum absolute atomic E-state index is 10.7. The summed E-state index contributed by atoms with van der Waals surface area (Å²) >= 11 is 0. The Bertz CT molecular complexity index is 297. The maximum atomic E-state index is 10.7. The summed E-state index contributed by atoms with van der Waals surface area (Å²) in [5.41, 5.74) is 0. The van der Waals surface area contributed by atoms with Gasteiger partial charge in [0.05, 0.1) is 6.42 Å². The van der Waals surface area contributed by atoms with Gasteiger partial charge in [-0.3, -0.25) is 4.79 Å². The van der Waals surface area contributed by atoms with Gasteiger partial charge in [0.2, 0.25) is 5.78 Å². The highest BCUT2D eigenvalue weighted by Crippen LogP contribution is 2.12. The first-order valence-electron chi connectivity index (χ1n) is 5.01. The van der Waals surface area contributed by atoms with E-state index < -0.39 is 0 Å². The van der Waals surface area contributed by atoms with Crippen LogP contribution in [0.4, 0.5) is 0 Å². The number of carbonyl (C=O) groups is 1. The normalized spacial score (nSPS) is 19.8. The van der Waals surface area contributed by atoms with Crippen LogP contribution in [0.25, 0.3) is 0 Å². The molecule has 1 fully saturated rings. The molecule has 0 aromatic carbocycles. The van der Waals surface area contributed by atoms with Crippen molar-refractivity contribution in [1.29, 1.82) is 0 Å². The second-order valence-corrected chi connectivity index (χ2v) is 3.20. The summed E-state index contributed by atoms with van der Waals surface area (Å²) in [6.07, 6.45) is 8.01. The molecule has 1 unspecified atom stereocenters. The third-order valence-corrected chi connectivity index (χ3v) is 2.01. The summed E-state index contributed by atoms with van der Waals surface area (Å²) in [6.45, 7) is 1.05. The summed E-state index contributed by atoms with van der Waals surface area (Å²) in [6, 6.07) is 0. The van der Waals surface area contributed by atoms with Crippen molar-refractivity contribution >= 4 is 5.78 Å². The molecule has 0 aromatic rings. The summed E-state index contributed by atoms with van der Waals surface area (Å²) < 4.78 is 10.7. The third-order valence-electron chi connectivity index (χ3n) is 2.01. The van der Waals surface area contributed by atoms with Crippen LogP contribution in [0.15, 0.2) is 0 Å². The molecule has 1 rings (SSSR count). The number of Topliss-reactive ketones (excluding diaryl/α,β-unsaturated/α-hetero) is 1. The van der Waals surface area contributed by atoms with Gasteiger partial charge in [-0.15, -0.1) is 6.42 Å². The first-order chi connectivity index (χ1) is 7.33. The highest BCUT2D eigenvalue weighted by Gasteiger charge is 2.12. The number of hydrogen-bond donors (Lipinski definition) is 0. The Morgan fingerprint density at radius 2 is 2.33 bits per heavy atom. The number of rotatable bonds is 3.